The van der Waals surface area contributed by atoms with Crippen LogP contribution in [-0.4, -0.2) is 28.5 Å². The van der Waals surface area contributed by atoms with Gasteiger partial charge < -0.3 is 16.4 Å². The fourth-order valence-corrected chi connectivity index (χ4v) is 1.29. The molecule has 1 unspecified atom stereocenters. The van der Waals surface area contributed by atoms with Crippen LogP contribution in [0.4, 0.5) is 4.79 Å². The maximum atomic E-state index is 11.1. The topological polar surface area (TPSA) is 85.2 Å². The second-order valence-electron chi connectivity index (χ2n) is 3.56. The van der Waals surface area contributed by atoms with Crippen molar-refractivity contribution in [3.63, 3.8) is 0 Å². The van der Waals surface area contributed by atoms with Crippen LogP contribution in [0.1, 0.15) is 12.5 Å². The van der Waals surface area contributed by atoms with Crippen molar-refractivity contribution in [1.82, 2.24) is 9.88 Å². The van der Waals surface area contributed by atoms with Crippen molar-refractivity contribution in [3.8, 4) is 0 Å². The molecule has 0 aliphatic carbocycles. The highest BCUT2D eigenvalue weighted by atomic mass is 16.2. The molecule has 2 amide bonds. The summed E-state index contributed by atoms with van der Waals surface area (Å²) in [5.41, 5.74) is 11.8. The fourth-order valence-electron chi connectivity index (χ4n) is 1.29. The average molecular weight is 208 g/mol. The third-order valence-electron chi connectivity index (χ3n) is 1.92. The Morgan fingerprint density at radius 3 is 2.87 bits per heavy atom. The predicted molar refractivity (Wildman–Crippen MR) is 57.9 cm³/mol. The molecule has 0 aromatic carbocycles. The van der Waals surface area contributed by atoms with E-state index in [1.54, 1.807) is 12.4 Å². The maximum Gasteiger partial charge on any atom is 0.315 e. The molecule has 1 atom stereocenters. The first-order valence-electron chi connectivity index (χ1n) is 4.78. The lowest BCUT2D eigenvalue weighted by Gasteiger charge is -2.22. The van der Waals surface area contributed by atoms with Crippen molar-refractivity contribution < 1.29 is 4.79 Å². The smallest absolute Gasteiger partial charge is 0.315 e. The molecule has 0 saturated carbocycles. The van der Waals surface area contributed by atoms with Crippen LogP contribution in [-0.2, 0) is 6.54 Å². The van der Waals surface area contributed by atoms with E-state index in [2.05, 4.69) is 4.98 Å². The summed E-state index contributed by atoms with van der Waals surface area (Å²) in [4.78, 5) is 16.6. The monoisotopic (exact) mass is 208 g/mol. The van der Waals surface area contributed by atoms with Gasteiger partial charge in [-0.3, -0.25) is 4.98 Å². The lowest BCUT2D eigenvalue weighted by atomic mass is 10.2. The van der Waals surface area contributed by atoms with Gasteiger partial charge in [0.15, 0.2) is 0 Å². The molecule has 1 aromatic rings. The summed E-state index contributed by atoms with van der Waals surface area (Å²) in [5.74, 6) is 0. The van der Waals surface area contributed by atoms with Crippen molar-refractivity contribution in [2.24, 2.45) is 11.5 Å². The molecule has 5 nitrogen and oxygen atoms in total. The highest BCUT2D eigenvalue weighted by molar-refractivity contribution is 5.72. The summed E-state index contributed by atoms with van der Waals surface area (Å²) < 4.78 is 0. The molecule has 0 spiro atoms. The SMILES string of the molecule is CC(N)CN(Cc1cccnc1)C(N)=O. The Morgan fingerprint density at radius 1 is 1.67 bits per heavy atom. The summed E-state index contributed by atoms with van der Waals surface area (Å²) in [7, 11) is 0. The van der Waals surface area contributed by atoms with Crippen molar-refractivity contribution in [2.75, 3.05) is 6.54 Å². The Bertz CT molecular complexity index is 312. The van der Waals surface area contributed by atoms with Gasteiger partial charge in [-0.2, -0.15) is 0 Å². The van der Waals surface area contributed by atoms with Crippen molar-refractivity contribution in [1.29, 1.82) is 0 Å². The number of rotatable bonds is 4. The summed E-state index contributed by atoms with van der Waals surface area (Å²) in [5, 5.41) is 0. The number of amides is 2. The number of nitrogens with two attached hydrogens (primary N) is 2. The van der Waals surface area contributed by atoms with Crippen LogP contribution in [0, 0.1) is 0 Å². The molecular weight excluding hydrogens is 192 g/mol. The van der Waals surface area contributed by atoms with Gasteiger partial charge in [0.05, 0.1) is 0 Å². The molecule has 0 bridgehead atoms. The van der Waals surface area contributed by atoms with E-state index in [1.807, 2.05) is 19.1 Å². The van der Waals surface area contributed by atoms with Gasteiger partial charge >= 0.3 is 6.03 Å². The Labute approximate surface area is 89.1 Å². The minimum Gasteiger partial charge on any atom is -0.351 e. The highest BCUT2D eigenvalue weighted by Crippen LogP contribution is 2.02. The summed E-state index contributed by atoms with van der Waals surface area (Å²) in [6, 6.07) is 3.16. The zero-order valence-corrected chi connectivity index (χ0v) is 8.76. The van der Waals surface area contributed by atoms with Crippen molar-refractivity contribution in [2.45, 2.75) is 19.5 Å². The lowest BCUT2D eigenvalue weighted by Crippen LogP contribution is -2.42. The van der Waals surface area contributed by atoms with Crippen LogP contribution in [0.3, 0.4) is 0 Å². The van der Waals surface area contributed by atoms with Crippen LogP contribution in [0.2, 0.25) is 0 Å². The standard InChI is InChI=1S/C10H16N4O/c1-8(11)6-14(10(12)15)7-9-3-2-4-13-5-9/h2-5,8H,6-7,11H2,1H3,(H2,12,15). The van der Waals surface area contributed by atoms with E-state index in [-0.39, 0.29) is 6.04 Å². The maximum absolute atomic E-state index is 11.1. The van der Waals surface area contributed by atoms with Gasteiger partial charge in [-0.15, -0.1) is 0 Å². The quantitative estimate of drug-likeness (QED) is 0.746. The Hall–Kier alpha value is -1.62. The van der Waals surface area contributed by atoms with E-state index < -0.39 is 6.03 Å². The van der Waals surface area contributed by atoms with E-state index in [0.29, 0.717) is 13.1 Å². The number of urea groups is 1. The normalized spacial score (nSPS) is 12.1. The van der Waals surface area contributed by atoms with Crippen LogP contribution >= 0.6 is 0 Å². The average Bonchev–Trinajstić information content (AvgIpc) is 2.17. The second kappa shape index (κ2) is 5.31. The van der Waals surface area contributed by atoms with Crippen LogP contribution in [0.15, 0.2) is 24.5 Å². The number of nitrogens with zero attached hydrogens (tertiary/aromatic N) is 2. The highest BCUT2D eigenvalue weighted by Gasteiger charge is 2.11. The molecule has 0 fully saturated rings. The molecule has 1 rings (SSSR count). The second-order valence-corrected chi connectivity index (χ2v) is 3.56. The molecule has 0 saturated heterocycles. The van der Waals surface area contributed by atoms with E-state index in [0.717, 1.165) is 5.56 Å². The van der Waals surface area contributed by atoms with Gasteiger partial charge in [-0.1, -0.05) is 6.07 Å². The zero-order valence-electron chi connectivity index (χ0n) is 8.76. The number of primary amides is 1. The molecule has 0 radical (unpaired) electrons. The van der Waals surface area contributed by atoms with Crippen molar-refractivity contribution >= 4 is 6.03 Å². The number of carbonyl (C=O) groups excluding carboxylic acids is 1. The van der Waals surface area contributed by atoms with E-state index in [9.17, 15) is 4.79 Å². The molecule has 0 aliphatic rings. The molecule has 0 aliphatic heterocycles. The van der Waals surface area contributed by atoms with Gasteiger partial charge in [-0.05, 0) is 18.6 Å². The summed E-state index contributed by atoms with van der Waals surface area (Å²) in [6.45, 7) is 2.73. The van der Waals surface area contributed by atoms with E-state index in [4.69, 9.17) is 11.5 Å². The van der Waals surface area contributed by atoms with E-state index >= 15 is 0 Å². The number of hydrogen-bond acceptors (Lipinski definition) is 3. The first kappa shape index (κ1) is 11.5. The van der Waals surface area contributed by atoms with E-state index in [1.165, 1.54) is 4.90 Å². The molecule has 15 heavy (non-hydrogen) atoms. The van der Waals surface area contributed by atoms with Crippen LogP contribution in [0.5, 0.6) is 0 Å². The summed E-state index contributed by atoms with van der Waals surface area (Å²) in [6.07, 6.45) is 3.39. The summed E-state index contributed by atoms with van der Waals surface area (Å²) >= 11 is 0. The fraction of sp³-hybridized carbons (Fsp3) is 0.400. The van der Waals surface area contributed by atoms with Gasteiger partial charge in [0.2, 0.25) is 0 Å². The minimum absolute atomic E-state index is 0.0887. The largest absolute Gasteiger partial charge is 0.351 e. The Morgan fingerprint density at radius 2 is 2.40 bits per heavy atom. The van der Waals surface area contributed by atoms with Gasteiger partial charge in [-0.25, -0.2) is 4.79 Å². The van der Waals surface area contributed by atoms with Crippen LogP contribution < -0.4 is 11.5 Å². The zero-order chi connectivity index (χ0) is 11.3. The number of aromatic nitrogens is 1. The molecule has 1 aromatic heterocycles. The molecule has 4 N–H and O–H groups in total. The molecular formula is C10H16N4O. The number of hydrogen-bond donors (Lipinski definition) is 2. The molecule has 1 heterocycles. The third-order valence-corrected chi connectivity index (χ3v) is 1.92. The lowest BCUT2D eigenvalue weighted by molar-refractivity contribution is 0.202. The van der Waals surface area contributed by atoms with Crippen LogP contribution in [0.25, 0.3) is 0 Å². The first-order valence-corrected chi connectivity index (χ1v) is 4.78. The Balaban J connectivity index is 2.63. The number of carbonyl (C=O) groups is 1. The van der Waals surface area contributed by atoms with Crippen molar-refractivity contribution in [3.05, 3.63) is 30.1 Å². The first-order chi connectivity index (χ1) is 7.09. The predicted octanol–water partition coefficient (Wildman–Crippen LogP) is 0.309. The van der Waals surface area contributed by atoms with Gasteiger partial charge in [0.1, 0.15) is 0 Å². The molecule has 5 heteroatoms. The van der Waals surface area contributed by atoms with Gasteiger partial charge in [0.25, 0.3) is 0 Å². The Kier molecular flexibility index (Phi) is 4.05. The third kappa shape index (κ3) is 3.95. The molecule has 82 valence electrons. The van der Waals surface area contributed by atoms with Gasteiger partial charge in [0, 0.05) is 31.5 Å². The minimum atomic E-state index is -0.462. The number of pyridine rings is 1.